The number of nitrogens with one attached hydrogen (secondary N) is 3. The molecule has 0 unspecified atom stereocenters. The third-order valence-electron chi connectivity index (χ3n) is 7.78. The number of nitrogens with zero attached hydrogens (tertiary/aromatic N) is 3. The van der Waals surface area contributed by atoms with Crippen LogP contribution in [-0.2, 0) is 19.2 Å². The van der Waals surface area contributed by atoms with Gasteiger partial charge in [-0.15, -0.1) is 0 Å². The smallest absolute Gasteiger partial charge is 0.242 e. The molecule has 0 radical (unpaired) electrons. The first kappa shape index (κ1) is 52.6. The van der Waals surface area contributed by atoms with Gasteiger partial charge in [-0.25, -0.2) is 0 Å². The Labute approximate surface area is 298 Å². The van der Waals surface area contributed by atoms with E-state index in [1.807, 2.05) is 60.5 Å². The zero-order chi connectivity index (χ0) is 38.1. The maximum Gasteiger partial charge on any atom is 0.242 e. The molecule has 10 nitrogen and oxygen atoms in total. The van der Waals surface area contributed by atoms with E-state index in [2.05, 4.69) is 50.6 Å². The van der Waals surface area contributed by atoms with Crippen LogP contribution in [-0.4, -0.2) is 111 Å². The second-order valence-electron chi connectivity index (χ2n) is 13.2. The van der Waals surface area contributed by atoms with E-state index in [4.69, 9.17) is 0 Å². The van der Waals surface area contributed by atoms with Gasteiger partial charge in [0.1, 0.15) is 0 Å². The Morgan fingerprint density at radius 3 is 1.62 bits per heavy atom. The van der Waals surface area contributed by atoms with Gasteiger partial charge in [-0.05, 0) is 66.0 Å². The lowest BCUT2D eigenvalue weighted by Crippen LogP contribution is -2.46. The van der Waals surface area contributed by atoms with Crippen molar-refractivity contribution in [1.29, 1.82) is 0 Å². The van der Waals surface area contributed by atoms with Gasteiger partial charge in [-0.3, -0.25) is 24.1 Å². The Balaban J connectivity index is -0.000000341. The fraction of sp³-hybridized carbons (Fsp3) is 0.895. The quantitative estimate of drug-likeness (QED) is 0.154. The predicted octanol–water partition coefficient (Wildman–Crippen LogP) is 6.34. The second-order valence-corrected chi connectivity index (χ2v) is 13.2. The lowest BCUT2D eigenvalue weighted by molar-refractivity contribution is -0.140. The molecule has 1 aliphatic carbocycles. The monoisotopic (exact) mass is 687 g/mol. The highest BCUT2D eigenvalue weighted by Gasteiger charge is 2.21. The van der Waals surface area contributed by atoms with Crippen molar-refractivity contribution >= 4 is 23.6 Å². The van der Waals surface area contributed by atoms with E-state index in [9.17, 15) is 19.2 Å². The molecule has 1 fully saturated rings. The van der Waals surface area contributed by atoms with Crippen molar-refractivity contribution in [2.45, 2.75) is 152 Å². The van der Waals surface area contributed by atoms with Crippen molar-refractivity contribution in [1.82, 2.24) is 30.7 Å². The predicted molar refractivity (Wildman–Crippen MR) is 206 cm³/mol. The molecule has 3 N–H and O–H groups in total. The van der Waals surface area contributed by atoms with Gasteiger partial charge in [-0.1, -0.05) is 94.4 Å². The fourth-order valence-corrected chi connectivity index (χ4v) is 4.12. The number of likely N-dealkylation sites (N-methyl/N-ethyl adjacent to an activating group) is 3. The molecule has 10 heteroatoms. The van der Waals surface area contributed by atoms with Gasteiger partial charge in [0, 0.05) is 45.2 Å². The first-order valence-electron chi connectivity index (χ1n) is 19.1. The van der Waals surface area contributed by atoms with E-state index >= 15 is 0 Å². The molecule has 4 amide bonds. The third kappa shape index (κ3) is 33.7. The average molecular weight is 687 g/mol. The van der Waals surface area contributed by atoms with Crippen LogP contribution in [0.1, 0.15) is 140 Å². The number of carbonyl (C=O) groups excluding carboxylic acids is 4. The minimum Gasteiger partial charge on any atom is -0.356 e. The highest BCUT2D eigenvalue weighted by Crippen LogP contribution is 2.23. The summed E-state index contributed by atoms with van der Waals surface area (Å²) >= 11 is 0. The van der Waals surface area contributed by atoms with Crippen LogP contribution in [0.25, 0.3) is 0 Å². The zero-order valence-corrected chi connectivity index (χ0v) is 34.4. The molecule has 0 heterocycles. The topological polar surface area (TPSA) is 114 Å². The Bertz CT molecular complexity index is 770. The summed E-state index contributed by atoms with van der Waals surface area (Å²) in [6, 6.07) is 0.895. The highest BCUT2D eigenvalue weighted by atomic mass is 16.2. The number of unbranched alkanes of at least 4 members (excludes halogenated alkanes) is 2. The summed E-state index contributed by atoms with van der Waals surface area (Å²) in [5.41, 5.74) is 0. The summed E-state index contributed by atoms with van der Waals surface area (Å²) in [4.78, 5) is 52.4. The number of hydrogen-bond acceptors (Lipinski definition) is 6. The van der Waals surface area contributed by atoms with Gasteiger partial charge in [-0.2, -0.15) is 0 Å². The number of amides is 4. The van der Waals surface area contributed by atoms with Gasteiger partial charge < -0.3 is 25.8 Å². The van der Waals surface area contributed by atoms with Crippen LogP contribution in [0.4, 0.5) is 0 Å². The van der Waals surface area contributed by atoms with Crippen molar-refractivity contribution in [3.8, 4) is 0 Å². The maximum absolute atomic E-state index is 12.1. The lowest BCUT2D eigenvalue weighted by Gasteiger charge is -2.25. The number of rotatable bonds is 17. The van der Waals surface area contributed by atoms with Gasteiger partial charge in [0.15, 0.2) is 0 Å². The first-order chi connectivity index (χ1) is 22.7. The standard InChI is InChI=1S/C17H34N4O3.C13H25NO.C4H11N.2C2H6/c1-7-8-9-10-18-15(22)11-20(5)17(24)13-21(6)16(23)12-19(4)14(2)3;1-11(2)7-6-10-14-13(15)12-8-4-3-5-9-12;1-4(2)5-3;2*1-2/h14H,7-13H2,1-6H3,(H,18,22);11-12H,3-10H2,1-2H3,(H,14,15);4-5H,1-3H3;2*1-2H3. The molecule has 0 spiro atoms. The zero-order valence-electron chi connectivity index (χ0n) is 34.4. The van der Waals surface area contributed by atoms with Gasteiger partial charge in [0.2, 0.25) is 23.6 Å². The van der Waals surface area contributed by atoms with Gasteiger partial charge in [0.05, 0.1) is 19.6 Å². The van der Waals surface area contributed by atoms with E-state index < -0.39 is 0 Å². The minimum atomic E-state index is -0.248. The molecule has 0 aliphatic heterocycles. The Kier molecular flexibility index (Phi) is 39.6. The van der Waals surface area contributed by atoms with Crippen molar-refractivity contribution in [3.63, 3.8) is 0 Å². The highest BCUT2D eigenvalue weighted by molar-refractivity contribution is 5.88. The fourth-order valence-electron chi connectivity index (χ4n) is 4.12. The van der Waals surface area contributed by atoms with Crippen LogP contribution in [0.2, 0.25) is 0 Å². The Hall–Kier alpha value is -2.20. The van der Waals surface area contributed by atoms with Crippen molar-refractivity contribution in [3.05, 3.63) is 0 Å². The molecule has 0 aromatic heterocycles. The Morgan fingerprint density at radius 1 is 0.688 bits per heavy atom. The summed E-state index contributed by atoms with van der Waals surface area (Å²) < 4.78 is 0. The molecule has 0 atom stereocenters. The largest absolute Gasteiger partial charge is 0.356 e. The average Bonchev–Trinajstić information content (AvgIpc) is 3.07. The van der Waals surface area contributed by atoms with Crippen LogP contribution in [0.15, 0.2) is 0 Å². The molecule has 0 aromatic carbocycles. The normalized spacial score (nSPS) is 12.3. The lowest BCUT2D eigenvalue weighted by atomic mass is 9.88. The van der Waals surface area contributed by atoms with Crippen molar-refractivity contribution < 1.29 is 19.2 Å². The van der Waals surface area contributed by atoms with E-state index in [1.165, 1.54) is 35.5 Å². The van der Waals surface area contributed by atoms with Crippen LogP contribution in [0.3, 0.4) is 0 Å². The number of hydrogen-bond donors (Lipinski definition) is 3. The molecule has 288 valence electrons. The SMILES string of the molecule is CC.CC.CC(C)CCCNC(=O)C1CCCCC1.CCCCCNC(=O)CN(C)C(=O)CN(C)C(=O)CN(C)C(C)C.CNC(C)C. The molecule has 0 aromatic rings. The summed E-state index contributed by atoms with van der Waals surface area (Å²) in [5, 5.41) is 8.89. The maximum atomic E-state index is 12.1. The number of carbonyl (C=O) groups is 4. The van der Waals surface area contributed by atoms with Crippen LogP contribution in [0, 0.1) is 11.8 Å². The Morgan fingerprint density at radius 2 is 1.17 bits per heavy atom. The summed E-state index contributed by atoms with van der Waals surface area (Å²) in [6.45, 7) is 24.5. The van der Waals surface area contributed by atoms with E-state index in [1.54, 1.807) is 14.1 Å². The van der Waals surface area contributed by atoms with Crippen LogP contribution in [0.5, 0.6) is 0 Å². The van der Waals surface area contributed by atoms with Crippen molar-refractivity contribution in [2.75, 3.05) is 60.9 Å². The molecular weight excluding hydrogens is 604 g/mol. The van der Waals surface area contributed by atoms with Crippen LogP contribution < -0.4 is 16.0 Å². The molecule has 1 rings (SSSR count). The van der Waals surface area contributed by atoms with Crippen LogP contribution >= 0.6 is 0 Å². The van der Waals surface area contributed by atoms with E-state index in [0.717, 1.165) is 51.0 Å². The molecule has 48 heavy (non-hydrogen) atoms. The molecule has 1 saturated carbocycles. The third-order valence-corrected chi connectivity index (χ3v) is 7.78. The molecular formula is C38H82N6O4. The summed E-state index contributed by atoms with van der Waals surface area (Å²) in [6.07, 6.45) is 11.5. The van der Waals surface area contributed by atoms with Gasteiger partial charge in [0.25, 0.3) is 0 Å². The summed E-state index contributed by atoms with van der Waals surface area (Å²) in [7, 11) is 7.00. The van der Waals surface area contributed by atoms with Crippen molar-refractivity contribution in [2.24, 2.45) is 11.8 Å². The summed E-state index contributed by atoms with van der Waals surface area (Å²) in [5.74, 6) is 0.835. The minimum absolute atomic E-state index is 0.0128. The van der Waals surface area contributed by atoms with E-state index in [0.29, 0.717) is 24.4 Å². The molecule has 0 bridgehead atoms. The van der Waals surface area contributed by atoms with E-state index in [-0.39, 0.29) is 43.4 Å². The second kappa shape index (κ2) is 36.1. The molecule has 0 saturated heterocycles. The molecule has 1 aliphatic rings. The van der Waals surface area contributed by atoms with Gasteiger partial charge >= 0.3 is 0 Å². The first-order valence-corrected chi connectivity index (χ1v) is 19.1.